The SMILES string of the molecule is C=CC(C)(CCC1CCCO1)CNCCC. The van der Waals surface area contributed by atoms with E-state index in [4.69, 9.17) is 4.74 Å². The van der Waals surface area contributed by atoms with Crippen LogP contribution in [-0.2, 0) is 4.74 Å². The van der Waals surface area contributed by atoms with Crippen LogP contribution in [0.4, 0.5) is 0 Å². The lowest BCUT2D eigenvalue weighted by molar-refractivity contribution is 0.0942. The van der Waals surface area contributed by atoms with E-state index in [1.807, 2.05) is 0 Å². The molecule has 0 spiro atoms. The Balaban J connectivity index is 2.24. The summed E-state index contributed by atoms with van der Waals surface area (Å²) in [4.78, 5) is 0. The van der Waals surface area contributed by atoms with Gasteiger partial charge in [-0.3, -0.25) is 0 Å². The summed E-state index contributed by atoms with van der Waals surface area (Å²) in [6.07, 6.45) is 8.64. The average Bonchev–Trinajstić information content (AvgIpc) is 2.80. The predicted molar refractivity (Wildman–Crippen MR) is 69.7 cm³/mol. The fourth-order valence-electron chi connectivity index (χ4n) is 2.18. The highest BCUT2D eigenvalue weighted by molar-refractivity contribution is 4.93. The maximum Gasteiger partial charge on any atom is 0.0576 e. The van der Waals surface area contributed by atoms with Gasteiger partial charge in [-0.1, -0.05) is 19.9 Å². The van der Waals surface area contributed by atoms with Gasteiger partial charge in [-0.15, -0.1) is 6.58 Å². The van der Waals surface area contributed by atoms with Crippen molar-refractivity contribution < 1.29 is 4.74 Å². The fourth-order valence-corrected chi connectivity index (χ4v) is 2.18. The molecule has 2 heteroatoms. The Morgan fingerprint density at radius 1 is 1.56 bits per heavy atom. The Morgan fingerprint density at radius 3 is 2.94 bits per heavy atom. The Labute approximate surface area is 100 Å². The molecule has 0 aliphatic carbocycles. The molecule has 16 heavy (non-hydrogen) atoms. The van der Waals surface area contributed by atoms with E-state index in [9.17, 15) is 0 Å². The summed E-state index contributed by atoms with van der Waals surface area (Å²) in [5.74, 6) is 0. The lowest BCUT2D eigenvalue weighted by Crippen LogP contribution is -2.31. The van der Waals surface area contributed by atoms with Gasteiger partial charge < -0.3 is 10.1 Å². The number of rotatable bonds is 8. The Kier molecular flexibility index (Phi) is 6.07. The van der Waals surface area contributed by atoms with Crippen molar-refractivity contribution in [3.63, 3.8) is 0 Å². The van der Waals surface area contributed by atoms with Crippen LogP contribution in [0.25, 0.3) is 0 Å². The zero-order valence-electron chi connectivity index (χ0n) is 10.9. The molecule has 1 aliphatic rings. The molecule has 2 atom stereocenters. The number of ether oxygens (including phenoxy) is 1. The second-order valence-corrected chi connectivity index (χ2v) is 5.21. The molecule has 1 aliphatic heterocycles. The van der Waals surface area contributed by atoms with Gasteiger partial charge in [-0.2, -0.15) is 0 Å². The summed E-state index contributed by atoms with van der Waals surface area (Å²) in [5, 5.41) is 3.49. The lowest BCUT2D eigenvalue weighted by atomic mass is 9.84. The highest BCUT2D eigenvalue weighted by atomic mass is 16.5. The van der Waals surface area contributed by atoms with E-state index in [0.29, 0.717) is 6.10 Å². The van der Waals surface area contributed by atoms with Crippen molar-refractivity contribution in [2.75, 3.05) is 19.7 Å². The molecular weight excluding hydrogens is 198 g/mol. The van der Waals surface area contributed by atoms with E-state index in [1.165, 1.54) is 32.1 Å². The maximum atomic E-state index is 5.66. The molecule has 1 fully saturated rings. The Morgan fingerprint density at radius 2 is 2.38 bits per heavy atom. The average molecular weight is 225 g/mol. The summed E-state index contributed by atoms with van der Waals surface area (Å²) >= 11 is 0. The van der Waals surface area contributed by atoms with Crippen LogP contribution in [0.3, 0.4) is 0 Å². The minimum absolute atomic E-state index is 0.223. The Hall–Kier alpha value is -0.340. The first-order chi connectivity index (χ1) is 7.70. The van der Waals surface area contributed by atoms with Crippen LogP contribution in [-0.4, -0.2) is 25.8 Å². The largest absolute Gasteiger partial charge is 0.378 e. The molecule has 1 rings (SSSR count). The first kappa shape index (κ1) is 13.7. The fraction of sp³-hybridized carbons (Fsp3) is 0.857. The molecule has 1 heterocycles. The molecule has 0 saturated carbocycles. The van der Waals surface area contributed by atoms with E-state index in [0.717, 1.165) is 19.7 Å². The molecule has 0 aromatic heterocycles. The van der Waals surface area contributed by atoms with Crippen molar-refractivity contribution in [1.82, 2.24) is 5.32 Å². The zero-order chi connectivity index (χ0) is 11.9. The zero-order valence-corrected chi connectivity index (χ0v) is 10.9. The molecular formula is C14H27NO. The molecule has 94 valence electrons. The summed E-state index contributed by atoms with van der Waals surface area (Å²) in [5.41, 5.74) is 0.223. The third-order valence-electron chi connectivity index (χ3n) is 3.51. The van der Waals surface area contributed by atoms with Gasteiger partial charge in [0.1, 0.15) is 0 Å². The van der Waals surface area contributed by atoms with Crippen molar-refractivity contribution in [2.45, 2.75) is 52.1 Å². The van der Waals surface area contributed by atoms with Gasteiger partial charge in [0.25, 0.3) is 0 Å². The van der Waals surface area contributed by atoms with Crippen LogP contribution in [0.1, 0.15) is 46.0 Å². The smallest absolute Gasteiger partial charge is 0.0576 e. The second kappa shape index (κ2) is 7.08. The maximum absolute atomic E-state index is 5.66. The van der Waals surface area contributed by atoms with Crippen LogP contribution in [0.5, 0.6) is 0 Å². The van der Waals surface area contributed by atoms with E-state index in [-0.39, 0.29) is 5.41 Å². The van der Waals surface area contributed by atoms with Crippen LogP contribution in [0, 0.1) is 5.41 Å². The molecule has 2 nitrogen and oxygen atoms in total. The summed E-state index contributed by atoms with van der Waals surface area (Å²) in [7, 11) is 0. The summed E-state index contributed by atoms with van der Waals surface area (Å²) < 4.78 is 5.66. The molecule has 1 saturated heterocycles. The number of hydrogen-bond acceptors (Lipinski definition) is 2. The van der Waals surface area contributed by atoms with Gasteiger partial charge in [-0.05, 0) is 44.1 Å². The molecule has 0 aromatic carbocycles. The minimum Gasteiger partial charge on any atom is -0.378 e. The first-order valence-electron chi connectivity index (χ1n) is 6.66. The third-order valence-corrected chi connectivity index (χ3v) is 3.51. The number of nitrogens with one attached hydrogen (secondary N) is 1. The van der Waals surface area contributed by atoms with Crippen molar-refractivity contribution >= 4 is 0 Å². The quantitative estimate of drug-likeness (QED) is 0.506. The summed E-state index contributed by atoms with van der Waals surface area (Å²) in [6, 6.07) is 0. The predicted octanol–water partition coefficient (Wildman–Crippen LogP) is 3.14. The third kappa shape index (κ3) is 4.67. The highest BCUT2D eigenvalue weighted by Gasteiger charge is 2.23. The topological polar surface area (TPSA) is 21.3 Å². The van der Waals surface area contributed by atoms with E-state index >= 15 is 0 Å². The summed E-state index contributed by atoms with van der Waals surface area (Å²) in [6.45, 7) is 11.6. The molecule has 2 unspecified atom stereocenters. The molecule has 0 amide bonds. The van der Waals surface area contributed by atoms with Crippen molar-refractivity contribution in [3.8, 4) is 0 Å². The minimum atomic E-state index is 0.223. The van der Waals surface area contributed by atoms with Gasteiger partial charge in [0.2, 0.25) is 0 Å². The van der Waals surface area contributed by atoms with Crippen molar-refractivity contribution in [2.24, 2.45) is 5.41 Å². The van der Waals surface area contributed by atoms with Gasteiger partial charge in [-0.25, -0.2) is 0 Å². The van der Waals surface area contributed by atoms with Crippen molar-refractivity contribution in [3.05, 3.63) is 12.7 Å². The van der Waals surface area contributed by atoms with Gasteiger partial charge in [0, 0.05) is 13.2 Å². The Bertz CT molecular complexity index is 199. The monoisotopic (exact) mass is 225 g/mol. The van der Waals surface area contributed by atoms with E-state index in [2.05, 4.69) is 31.8 Å². The molecule has 1 N–H and O–H groups in total. The lowest BCUT2D eigenvalue weighted by Gasteiger charge is -2.27. The highest BCUT2D eigenvalue weighted by Crippen LogP contribution is 2.27. The van der Waals surface area contributed by atoms with Gasteiger partial charge in [0.05, 0.1) is 6.10 Å². The van der Waals surface area contributed by atoms with Crippen molar-refractivity contribution in [1.29, 1.82) is 0 Å². The second-order valence-electron chi connectivity index (χ2n) is 5.21. The van der Waals surface area contributed by atoms with Crippen LogP contribution in [0.15, 0.2) is 12.7 Å². The van der Waals surface area contributed by atoms with E-state index < -0.39 is 0 Å². The first-order valence-corrected chi connectivity index (χ1v) is 6.66. The van der Waals surface area contributed by atoms with Gasteiger partial charge in [0.15, 0.2) is 0 Å². The molecule has 0 bridgehead atoms. The standard InChI is InChI=1S/C14H27NO/c1-4-10-15-12-14(3,5-2)9-8-13-7-6-11-16-13/h5,13,15H,2,4,6-12H2,1,3H3. The normalized spacial score (nSPS) is 24.2. The number of hydrogen-bond donors (Lipinski definition) is 1. The van der Waals surface area contributed by atoms with Crippen LogP contribution in [0.2, 0.25) is 0 Å². The molecule has 0 aromatic rings. The van der Waals surface area contributed by atoms with Crippen LogP contribution < -0.4 is 5.32 Å². The van der Waals surface area contributed by atoms with Crippen LogP contribution >= 0.6 is 0 Å². The van der Waals surface area contributed by atoms with E-state index in [1.54, 1.807) is 0 Å². The molecule has 0 radical (unpaired) electrons. The van der Waals surface area contributed by atoms with Gasteiger partial charge >= 0.3 is 0 Å².